The number of pyridine rings is 1. The van der Waals surface area contributed by atoms with Gasteiger partial charge in [-0.3, -0.25) is 9.88 Å². The molecule has 4 rings (SSSR count). The van der Waals surface area contributed by atoms with E-state index in [-0.39, 0.29) is 0 Å². The zero-order valence-corrected chi connectivity index (χ0v) is 19.5. The number of fused-ring (bicyclic) bond motifs is 1. The topological polar surface area (TPSA) is 63.3 Å². The quantitative estimate of drug-likeness (QED) is 0.342. The second kappa shape index (κ2) is 10.5. The molecule has 0 fully saturated rings. The third-order valence-corrected chi connectivity index (χ3v) is 6.18. The first-order valence-electron chi connectivity index (χ1n) is 10.6. The number of nitrogens with one attached hydrogen (secondary N) is 1. The Bertz CT molecular complexity index is 1160. The van der Waals surface area contributed by atoms with E-state index in [0.717, 1.165) is 52.0 Å². The minimum atomic E-state index is 0.631. The Labute approximate surface area is 193 Å². The van der Waals surface area contributed by atoms with Gasteiger partial charge in [0.25, 0.3) is 0 Å². The van der Waals surface area contributed by atoms with E-state index >= 15 is 0 Å². The summed E-state index contributed by atoms with van der Waals surface area (Å²) in [6.07, 6.45) is 1.81. The van der Waals surface area contributed by atoms with E-state index in [4.69, 9.17) is 9.47 Å². The molecule has 0 spiro atoms. The maximum absolute atomic E-state index is 6.08. The number of likely N-dealkylation sites (N-methyl/N-ethyl adjacent to an activating group) is 1. The lowest BCUT2D eigenvalue weighted by molar-refractivity contribution is 0.231. The lowest BCUT2D eigenvalue weighted by Crippen LogP contribution is -2.24. The van der Waals surface area contributed by atoms with Crippen molar-refractivity contribution in [1.29, 1.82) is 0 Å². The average Bonchev–Trinajstić information content (AvgIpc) is 3.22. The summed E-state index contributed by atoms with van der Waals surface area (Å²) < 4.78 is 11.4. The first-order chi connectivity index (χ1) is 15.6. The van der Waals surface area contributed by atoms with Crippen molar-refractivity contribution in [2.75, 3.05) is 27.3 Å². The third kappa shape index (κ3) is 5.60. The number of ether oxygens (including phenoxy) is 2. The van der Waals surface area contributed by atoms with Crippen molar-refractivity contribution >= 4 is 22.8 Å². The summed E-state index contributed by atoms with van der Waals surface area (Å²) >= 11 is 1.63. The van der Waals surface area contributed by atoms with Gasteiger partial charge < -0.3 is 14.5 Å². The molecule has 4 aromatic rings. The Balaban J connectivity index is 1.32. The van der Waals surface area contributed by atoms with Crippen LogP contribution in [0.1, 0.15) is 16.8 Å². The van der Waals surface area contributed by atoms with Gasteiger partial charge in [0.05, 0.1) is 23.8 Å². The smallest absolute Gasteiger partial charge is 0.166 e. The van der Waals surface area contributed by atoms with Gasteiger partial charge in [-0.15, -0.1) is 0 Å². The molecular weight excluding hydrogens is 420 g/mol. The molecule has 7 heteroatoms. The van der Waals surface area contributed by atoms with Gasteiger partial charge in [-0.1, -0.05) is 42.1 Å². The summed E-state index contributed by atoms with van der Waals surface area (Å²) in [4.78, 5) is 14.8. The highest BCUT2D eigenvalue weighted by atomic mass is 32.2. The SMILES string of the molecule is COc1ccc2nc(SCc3nccc(OCCN(C)Cc4ccccc4)c3C)[nH]c2c1. The van der Waals surface area contributed by atoms with Crippen LogP contribution < -0.4 is 9.47 Å². The second-order valence-corrected chi connectivity index (χ2v) is 8.63. The largest absolute Gasteiger partial charge is 0.497 e. The van der Waals surface area contributed by atoms with Crippen LogP contribution in [0.2, 0.25) is 0 Å². The Morgan fingerprint density at radius 3 is 2.75 bits per heavy atom. The predicted octanol–water partition coefficient (Wildman–Crippen LogP) is 5.08. The van der Waals surface area contributed by atoms with E-state index < -0.39 is 0 Å². The van der Waals surface area contributed by atoms with E-state index in [9.17, 15) is 0 Å². The van der Waals surface area contributed by atoms with Gasteiger partial charge in [0.2, 0.25) is 0 Å². The molecule has 2 aromatic carbocycles. The van der Waals surface area contributed by atoms with Gasteiger partial charge in [-0.05, 0) is 37.7 Å². The van der Waals surface area contributed by atoms with Crippen molar-refractivity contribution < 1.29 is 9.47 Å². The molecule has 0 saturated heterocycles. The highest BCUT2D eigenvalue weighted by Crippen LogP contribution is 2.28. The number of benzene rings is 2. The zero-order valence-electron chi connectivity index (χ0n) is 18.7. The molecule has 0 unspecified atom stereocenters. The Kier molecular flexibility index (Phi) is 7.29. The van der Waals surface area contributed by atoms with Gasteiger partial charge in [0, 0.05) is 36.7 Å². The van der Waals surface area contributed by atoms with Crippen molar-refractivity contribution in [3.8, 4) is 11.5 Å². The van der Waals surface area contributed by atoms with E-state index in [1.165, 1.54) is 5.56 Å². The Hall–Kier alpha value is -3.03. The molecule has 0 amide bonds. The normalized spacial score (nSPS) is 11.2. The van der Waals surface area contributed by atoms with E-state index in [1.54, 1.807) is 18.9 Å². The molecule has 32 heavy (non-hydrogen) atoms. The summed E-state index contributed by atoms with van der Waals surface area (Å²) in [5.74, 6) is 2.42. The second-order valence-electron chi connectivity index (χ2n) is 7.67. The lowest BCUT2D eigenvalue weighted by Gasteiger charge is -2.18. The van der Waals surface area contributed by atoms with Crippen molar-refractivity contribution in [1.82, 2.24) is 19.9 Å². The molecule has 2 heterocycles. The molecule has 0 aliphatic rings. The van der Waals surface area contributed by atoms with Crippen molar-refractivity contribution in [2.24, 2.45) is 0 Å². The molecule has 0 aliphatic heterocycles. The van der Waals surface area contributed by atoms with Crippen LogP contribution in [-0.4, -0.2) is 47.2 Å². The summed E-state index contributed by atoms with van der Waals surface area (Å²) in [6, 6.07) is 18.2. The fourth-order valence-corrected chi connectivity index (χ4v) is 4.35. The number of H-pyrrole nitrogens is 1. The number of imidazole rings is 1. The highest BCUT2D eigenvalue weighted by Gasteiger charge is 2.10. The number of methoxy groups -OCH3 is 1. The maximum Gasteiger partial charge on any atom is 0.166 e. The highest BCUT2D eigenvalue weighted by molar-refractivity contribution is 7.98. The summed E-state index contributed by atoms with van der Waals surface area (Å²) in [6.45, 7) is 4.45. The molecule has 0 atom stereocenters. The number of thioether (sulfide) groups is 1. The standard InChI is InChI=1S/C25H28N4O2S/c1-18-23(17-32-25-27-21-10-9-20(30-3)15-22(21)28-25)26-12-11-24(18)31-14-13-29(2)16-19-7-5-4-6-8-19/h4-12,15H,13-14,16-17H2,1-3H3,(H,27,28). The molecule has 0 aliphatic carbocycles. The van der Waals surface area contributed by atoms with Crippen molar-refractivity contribution in [2.45, 2.75) is 24.4 Å². The third-order valence-electron chi connectivity index (χ3n) is 5.30. The van der Waals surface area contributed by atoms with E-state index in [2.05, 4.69) is 58.1 Å². The summed E-state index contributed by atoms with van der Waals surface area (Å²) in [5.41, 5.74) is 5.27. The fraction of sp³-hybridized carbons (Fsp3) is 0.280. The number of aromatic nitrogens is 3. The van der Waals surface area contributed by atoms with Gasteiger partial charge in [0.15, 0.2) is 5.16 Å². The first kappa shape index (κ1) is 22.2. The molecule has 0 radical (unpaired) electrons. The first-order valence-corrected chi connectivity index (χ1v) is 11.6. The molecule has 2 aromatic heterocycles. The molecule has 0 saturated carbocycles. The van der Waals surface area contributed by atoms with Gasteiger partial charge in [-0.2, -0.15) is 0 Å². The number of hydrogen-bond donors (Lipinski definition) is 1. The van der Waals surface area contributed by atoms with Gasteiger partial charge >= 0.3 is 0 Å². The van der Waals surface area contributed by atoms with Crippen LogP contribution in [0.25, 0.3) is 11.0 Å². The fourth-order valence-electron chi connectivity index (χ4n) is 3.44. The summed E-state index contributed by atoms with van der Waals surface area (Å²) in [7, 11) is 3.78. The van der Waals surface area contributed by atoms with Crippen LogP contribution in [0.15, 0.2) is 66.0 Å². The van der Waals surface area contributed by atoms with Crippen LogP contribution >= 0.6 is 11.8 Å². The van der Waals surface area contributed by atoms with Gasteiger partial charge in [0.1, 0.15) is 18.1 Å². The minimum Gasteiger partial charge on any atom is -0.497 e. The van der Waals surface area contributed by atoms with Crippen LogP contribution in [0.4, 0.5) is 0 Å². The average molecular weight is 449 g/mol. The maximum atomic E-state index is 6.08. The van der Waals surface area contributed by atoms with Gasteiger partial charge in [-0.25, -0.2) is 4.98 Å². The van der Waals surface area contributed by atoms with E-state index in [1.807, 2.05) is 36.5 Å². The van der Waals surface area contributed by atoms with Crippen LogP contribution in [-0.2, 0) is 12.3 Å². The Morgan fingerprint density at radius 1 is 1.09 bits per heavy atom. The molecule has 6 nitrogen and oxygen atoms in total. The molecular formula is C25H28N4O2S. The van der Waals surface area contributed by atoms with Crippen LogP contribution in [0, 0.1) is 6.92 Å². The molecule has 0 bridgehead atoms. The summed E-state index contributed by atoms with van der Waals surface area (Å²) in [5, 5.41) is 0.864. The predicted molar refractivity (Wildman–Crippen MR) is 129 cm³/mol. The number of rotatable bonds is 10. The monoisotopic (exact) mass is 448 g/mol. The zero-order chi connectivity index (χ0) is 22.3. The van der Waals surface area contributed by atoms with E-state index in [0.29, 0.717) is 12.4 Å². The number of nitrogens with zero attached hydrogens (tertiary/aromatic N) is 3. The number of hydrogen-bond acceptors (Lipinski definition) is 6. The van der Waals surface area contributed by atoms with Crippen molar-refractivity contribution in [3.63, 3.8) is 0 Å². The number of aromatic amines is 1. The van der Waals surface area contributed by atoms with Crippen molar-refractivity contribution in [3.05, 3.63) is 77.6 Å². The Morgan fingerprint density at radius 2 is 1.94 bits per heavy atom. The molecule has 166 valence electrons. The van der Waals surface area contributed by atoms with Crippen LogP contribution in [0.5, 0.6) is 11.5 Å². The molecule has 1 N–H and O–H groups in total. The van der Waals surface area contributed by atoms with Crippen LogP contribution in [0.3, 0.4) is 0 Å². The minimum absolute atomic E-state index is 0.631. The lowest BCUT2D eigenvalue weighted by atomic mass is 10.2.